The van der Waals surface area contributed by atoms with Crippen LogP contribution in [-0.2, 0) is 6.54 Å². The van der Waals surface area contributed by atoms with Crippen molar-refractivity contribution in [3.05, 3.63) is 54.0 Å². The monoisotopic (exact) mass is 432 g/mol. The number of nitrogen functional groups attached to an aromatic ring is 1. The number of ether oxygens (including phenoxy) is 2. The molecule has 1 saturated carbocycles. The molecule has 8 nitrogen and oxygen atoms in total. The Morgan fingerprint density at radius 1 is 0.969 bits per heavy atom. The van der Waals surface area contributed by atoms with E-state index in [2.05, 4.69) is 20.9 Å². The third kappa shape index (κ3) is 3.54. The summed E-state index contributed by atoms with van der Waals surface area (Å²) in [6, 6.07) is 10.1. The second-order valence-electron chi connectivity index (χ2n) is 8.71. The molecule has 4 heterocycles. The van der Waals surface area contributed by atoms with Crippen molar-refractivity contribution >= 4 is 11.5 Å². The number of rotatable bonds is 5. The summed E-state index contributed by atoms with van der Waals surface area (Å²) in [5.41, 5.74) is 11.1. The quantitative estimate of drug-likeness (QED) is 0.664. The molecule has 166 valence electrons. The van der Waals surface area contributed by atoms with Crippen LogP contribution in [-0.4, -0.2) is 59.1 Å². The second-order valence-corrected chi connectivity index (χ2v) is 8.71. The van der Waals surface area contributed by atoms with Crippen LogP contribution in [0.4, 0.5) is 11.5 Å². The first-order chi connectivity index (χ1) is 15.8. The fourth-order valence-corrected chi connectivity index (χ4v) is 4.69. The SMILES string of the molecule is Nc1c(CN2CCN(c3cccc4c3OCCO4)CC2)c(C2CC2)nn1-c1ccncc1. The molecule has 1 saturated heterocycles. The highest BCUT2D eigenvalue weighted by Gasteiger charge is 2.33. The highest BCUT2D eigenvalue weighted by Crippen LogP contribution is 2.43. The Morgan fingerprint density at radius 2 is 1.75 bits per heavy atom. The van der Waals surface area contributed by atoms with E-state index < -0.39 is 0 Å². The number of hydrogen-bond acceptors (Lipinski definition) is 7. The highest BCUT2D eigenvalue weighted by atomic mass is 16.6. The van der Waals surface area contributed by atoms with Gasteiger partial charge in [0.2, 0.25) is 0 Å². The lowest BCUT2D eigenvalue weighted by atomic mass is 10.1. The molecule has 0 amide bonds. The number of nitrogens with two attached hydrogens (primary N) is 1. The second kappa shape index (κ2) is 8.02. The Morgan fingerprint density at radius 3 is 2.53 bits per heavy atom. The third-order valence-electron chi connectivity index (χ3n) is 6.57. The minimum absolute atomic E-state index is 0.546. The molecule has 0 radical (unpaired) electrons. The maximum absolute atomic E-state index is 6.63. The molecule has 2 fully saturated rings. The fraction of sp³-hybridized carbons (Fsp3) is 0.417. The molecular formula is C24H28N6O2. The van der Waals surface area contributed by atoms with Crippen molar-refractivity contribution in [1.29, 1.82) is 0 Å². The number of para-hydroxylation sites is 1. The van der Waals surface area contributed by atoms with Gasteiger partial charge in [-0.15, -0.1) is 0 Å². The molecule has 6 rings (SSSR count). The smallest absolute Gasteiger partial charge is 0.184 e. The summed E-state index contributed by atoms with van der Waals surface area (Å²) < 4.78 is 13.6. The largest absolute Gasteiger partial charge is 0.486 e. The summed E-state index contributed by atoms with van der Waals surface area (Å²) in [5, 5.41) is 4.91. The van der Waals surface area contributed by atoms with Gasteiger partial charge in [-0.3, -0.25) is 9.88 Å². The number of anilines is 2. The number of benzene rings is 1. The maximum Gasteiger partial charge on any atom is 0.184 e. The lowest BCUT2D eigenvalue weighted by molar-refractivity contribution is 0.171. The normalized spacial score (nSPS) is 18.7. The summed E-state index contributed by atoms with van der Waals surface area (Å²) in [5.74, 6) is 3.03. The number of aromatic nitrogens is 3. The minimum atomic E-state index is 0.546. The van der Waals surface area contributed by atoms with E-state index >= 15 is 0 Å². The highest BCUT2D eigenvalue weighted by molar-refractivity contribution is 5.65. The Hall–Kier alpha value is -3.26. The summed E-state index contributed by atoms with van der Waals surface area (Å²) in [7, 11) is 0. The van der Waals surface area contributed by atoms with Crippen LogP contribution in [0.2, 0.25) is 0 Å². The van der Waals surface area contributed by atoms with E-state index in [1.54, 1.807) is 12.4 Å². The van der Waals surface area contributed by atoms with E-state index in [9.17, 15) is 0 Å². The van der Waals surface area contributed by atoms with E-state index in [1.807, 2.05) is 28.9 Å². The van der Waals surface area contributed by atoms with Crippen LogP contribution in [0.5, 0.6) is 11.5 Å². The van der Waals surface area contributed by atoms with Gasteiger partial charge in [-0.2, -0.15) is 5.10 Å². The van der Waals surface area contributed by atoms with Gasteiger partial charge in [0.1, 0.15) is 19.0 Å². The van der Waals surface area contributed by atoms with Crippen molar-refractivity contribution < 1.29 is 9.47 Å². The molecule has 8 heteroatoms. The molecule has 32 heavy (non-hydrogen) atoms. The van der Waals surface area contributed by atoms with Crippen LogP contribution in [0.25, 0.3) is 5.69 Å². The summed E-state index contributed by atoms with van der Waals surface area (Å²) in [4.78, 5) is 9.00. The predicted octanol–water partition coefficient (Wildman–Crippen LogP) is 2.82. The van der Waals surface area contributed by atoms with Gasteiger partial charge in [0.05, 0.1) is 17.1 Å². The van der Waals surface area contributed by atoms with Crippen LogP contribution in [0, 0.1) is 0 Å². The zero-order valence-electron chi connectivity index (χ0n) is 18.1. The Labute approximate surface area is 187 Å². The number of nitrogens with zero attached hydrogens (tertiary/aromatic N) is 5. The summed E-state index contributed by atoms with van der Waals surface area (Å²) in [6.45, 7) is 5.87. The average molecular weight is 433 g/mol. The van der Waals surface area contributed by atoms with Crippen molar-refractivity contribution in [1.82, 2.24) is 19.7 Å². The average Bonchev–Trinajstić information content (AvgIpc) is 3.64. The van der Waals surface area contributed by atoms with Crippen molar-refractivity contribution in [2.24, 2.45) is 0 Å². The standard InChI is InChI=1S/C24H28N6O2/c25-24-19(22(17-4-5-17)27-30(24)18-6-8-26-9-7-18)16-28-10-12-29(13-11-28)20-2-1-3-21-23(20)32-15-14-31-21/h1-3,6-9,17H,4-5,10-16,25H2. The van der Waals surface area contributed by atoms with Gasteiger partial charge >= 0.3 is 0 Å². The first-order valence-electron chi connectivity index (χ1n) is 11.4. The summed E-state index contributed by atoms with van der Waals surface area (Å²) in [6.07, 6.45) is 5.97. The van der Waals surface area contributed by atoms with Gasteiger partial charge in [0.15, 0.2) is 11.5 Å². The molecule has 0 unspecified atom stereocenters. The van der Waals surface area contributed by atoms with Crippen LogP contribution in [0.15, 0.2) is 42.7 Å². The molecule has 1 aliphatic carbocycles. The zero-order valence-corrected chi connectivity index (χ0v) is 18.1. The first kappa shape index (κ1) is 19.4. The van der Waals surface area contributed by atoms with Crippen molar-refractivity contribution in [3.63, 3.8) is 0 Å². The van der Waals surface area contributed by atoms with E-state index in [0.29, 0.717) is 19.1 Å². The molecule has 2 N–H and O–H groups in total. The number of fused-ring (bicyclic) bond motifs is 1. The fourth-order valence-electron chi connectivity index (χ4n) is 4.69. The number of hydrogen-bond donors (Lipinski definition) is 1. The lowest BCUT2D eigenvalue weighted by Gasteiger charge is -2.37. The summed E-state index contributed by atoms with van der Waals surface area (Å²) >= 11 is 0. The van der Waals surface area contributed by atoms with E-state index in [4.69, 9.17) is 20.3 Å². The van der Waals surface area contributed by atoms with Crippen LogP contribution in [0.1, 0.15) is 30.0 Å². The predicted molar refractivity (Wildman–Crippen MR) is 123 cm³/mol. The molecule has 2 aliphatic heterocycles. The molecule has 3 aromatic rings. The Balaban J connectivity index is 1.19. The first-order valence-corrected chi connectivity index (χ1v) is 11.4. The third-order valence-corrected chi connectivity index (χ3v) is 6.57. The number of piperazine rings is 1. The van der Waals surface area contributed by atoms with Gasteiger partial charge in [0, 0.05) is 56.6 Å². The molecular weight excluding hydrogens is 404 g/mol. The minimum Gasteiger partial charge on any atom is -0.486 e. The molecule has 1 aromatic carbocycles. The van der Waals surface area contributed by atoms with Crippen molar-refractivity contribution in [3.8, 4) is 17.2 Å². The van der Waals surface area contributed by atoms with Crippen LogP contribution in [0.3, 0.4) is 0 Å². The van der Waals surface area contributed by atoms with Crippen molar-refractivity contribution in [2.45, 2.75) is 25.3 Å². The molecule has 0 bridgehead atoms. The lowest BCUT2D eigenvalue weighted by Crippen LogP contribution is -2.46. The van der Waals surface area contributed by atoms with E-state index in [-0.39, 0.29) is 0 Å². The Bertz CT molecular complexity index is 1100. The van der Waals surface area contributed by atoms with Crippen molar-refractivity contribution in [2.75, 3.05) is 50.0 Å². The van der Waals surface area contributed by atoms with Gasteiger partial charge in [0.25, 0.3) is 0 Å². The van der Waals surface area contributed by atoms with Gasteiger partial charge in [-0.1, -0.05) is 6.07 Å². The van der Waals surface area contributed by atoms with Crippen LogP contribution >= 0.6 is 0 Å². The van der Waals surface area contributed by atoms with Gasteiger partial charge in [-0.05, 0) is 37.1 Å². The molecule has 3 aliphatic rings. The molecule has 0 spiro atoms. The maximum atomic E-state index is 6.63. The number of pyridine rings is 1. The molecule has 0 atom stereocenters. The zero-order chi connectivity index (χ0) is 21.5. The van der Waals surface area contributed by atoms with Crippen LogP contribution < -0.4 is 20.1 Å². The van der Waals surface area contributed by atoms with Gasteiger partial charge in [-0.25, -0.2) is 4.68 Å². The van der Waals surface area contributed by atoms with Gasteiger partial charge < -0.3 is 20.1 Å². The van der Waals surface area contributed by atoms with E-state index in [0.717, 1.165) is 61.4 Å². The molecule has 2 aromatic heterocycles. The van der Waals surface area contributed by atoms with E-state index in [1.165, 1.54) is 24.1 Å². The topological polar surface area (TPSA) is 81.7 Å². The Kier molecular flexibility index (Phi) is 4.87.